The van der Waals surface area contributed by atoms with Crippen molar-refractivity contribution in [2.45, 2.75) is 69.8 Å². The Hall–Kier alpha value is -5.83. The van der Waals surface area contributed by atoms with Crippen LogP contribution in [-0.2, 0) is 15.1 Å². The Bertz CT molecular complexity index is 2410. The van der Waals surface area contributed by atoms with E-state index in [1.165, 1.54) is 24.4 Å². The Morgan fingerprint density at radius 3 is 2.49 bits per heavy atom. The van der Waals surface area contributed by atoms with Gasteiger partial charge in [-0.15, -0.1) is 0 Å². The minimum absolute atomic E-state index is 0.0400. The number of halogens is 6. The monoisotopic (exact) mass is 782 g/mol. The predicted molar refractivity (Wildman–Crippen MR) is 187 cm³/mol. The van der Waals surface area contributed by atoms with Crippen LogP contribution in [-0.4, -0.2) is 65.6 Å². The average molecular weight is 783 g/mol. The molecule has 19 heteroatoms. The van der Waals surface area contributed by atoms with Gasteiger partial charge in [0.1, 0.15) is 30.1 Å². The fourth-order valence-electron chi connectivity index (χ4n) is 7.04. The summed E-state index contributed by atoms with van der Waals surface area (Å²) in [6.45, 7) is 4.95. The first-order valence-electron chi connectivity index (χ1n) is 16.9. The van der Waals surface area contributed by atoms with Gasteiger partial charge in [-0.25, -0.2) is 27.8 Å². The third kappa shape index (κ3) is 6.55. The number of guanidine groups is 1. The molecule has 0 radical (unpaired) electrons. The van der Waals surface area contributed by atoms with Gasteiger partial charge in [-0.05, 0) is 66.1 Å². The number of nitriles is 1. The first-order valence-corrected chi connectivity index (χ1v) is 17.3. The van der Waals surface area contributed by atoms with Gasteiger partial charge in [0.2, 0.25) is 0 Å². The number of alkyl carbamates (subject to hydrolysis) is 1. The van der Waals surface area contributed by atoms with Gasteiger partial charge in [0.05, 0.1) is 39.5 Å². The molecule has 286 valence electrons. The van der Waals surface area contributed by atoms with Crippen LogP contribution in [0.15, 0.2) is 61.1 Å². The topological polar surface area (TPSA) is 166 Å². The number of aromatic nitrogens is 5. The maximum atomic E-state index is 15.1. The lowest BCUT2D eigenvalue weighted by Crippen LogP contribution is -2.49. The smallest absolute Gasteiger partial charge is 0.411 e. The highest BCUT2D eigenvalue weighted by molar-refractivity contribution is 6.32. The van der Waals surface area contributed by atoms with Crippen LogP contribution in [0.5, 0.6) is 0 Å². The highest BCUT2D eigenvalue weighted by atomic mass is 35.5. The van der Waals surface area contributed by atoms with E-state index in [4.69, 9.17) is 21.7 Å². The molecule has 0 bridgehead atoms. The summed E-state index contributed by atoms with van der Waals surface area (Å²) in [6.07, 6.45) is -7.40. The predicted octanol–water partition coefficient (Wildman–Crippen LogP) is 7.09. The molecule has 2 aliphatic rings. The Morgan fingerprint density at radius 1 is 1.11 bits per heavy atom. The van der Waals surface area contributed by atoms with E-state index >= 15 is 4.79 Å². The second-order valence-corrected chi connectivity index (χ2v) is 15.1. The normalized spacial score (nSPS) is 18.8. The van der Waals surface area contributed by atoms with Crippen molar-refractivity contribution in [3.63, 3.8) is 0 Å². The molecule has 7 rings (SSSR count). The number of pyridine rings is 1. The largest absolute Gasteiger partial charge is 0.447 e. The Balaban J connectivity index is 1.32. The zero-order chi connectivity index (χ0) is 39.7. The summed E-state index contributed by atoms with van der Waals surface area (Å²) in [4.78, 5) is 32.6. The van der Waals surface area contributed by atoms with E-state index in [0.29, 0.717) is 27.5 Å². The van der Waals surface area contributed by atoms with Crippen molar-refractivity contribution in [2.24, 2.45) is 5.41 Å². The molecule has 55 heavy (non-hydrogen) atoms. The van der Waals surface area contributed by atoms with Gasteiger partial charge in [0.15, 0.2) is 11.8 Å². The molecule has 13 nitrogen and oxygen atoms in total. The van der Waals surface area contributed by atoms with Crippen molar-refractivity contribution in [1.29, 1.82) is 10.7 Å². The van der Waals surface area contributed by atoms with Gasteiger partial charge in [0.25, 0.3) is 12.3 Å². The number of hydrogen-bond acceptors (Lipinski definition) is 8. The van der Waals surface area contributed by atoms with Gasteiger partial charge in [0, 0.05) is 5.39 Å². The van der Waals surface area contributed by atoms with Crippen molar-refractivity contribution in [3.8, 4) is 11.8 Å². The number of benzene rings is 2. The number of nitrogens with one attached hydrogen (secondary N) is 3. The lowest BCUT2D eigenvalue weighted by Gasteiger charge is -2.35. The average Bonchev–Trinajstić information content (AvgIpc) is 3.44. The van der Waals surface area contributed by atoms with Gasteiger partial charge < -0.3 is 15.4 Å². The SMILES string of the molecule is CC(C)(C)C[C@]1(c2ccc3c(ccc4c(C#N)cnn43)c2)NC(=N)N([C@H](COC(=O)NC2(C(F)(F)F)CC2)c2ccc(Cl)c(-n3ncnc3C(F)F)c2)C1=O. The summed E-state index contributed by atoms with van der Waals surface area (Å²) < 4.78 is 76.6. The molecule has 3 N–H and O–H groups in total. The molecule has 1 saturated heterocycles. The van der Waals surface area contributed by atoms with Crippen molar-refractivity contribution in [3.05, 3.63) is 88.6 Å². The van der Waals surface area contributed by atoms with Crippen LogP contribution in [0.1, 0.15) is 75.0 Å². The molecule has 1 saturated carbocycles. The zero-order valence-corrected chi connectivity index (χ0v) is 30.1. The number of carbonyl (C=O) groups excluding carboxylic acids is 2. The molecule has 5 aromatic rings. The van der Waals surface area contributed by atoms with E-state index in [9.17, 15) is 32.0 Å². The summed E-state index contributed by atoms with van der Waals surface area (Å²) in [5, 5.41) is 32.5. The van der Waals surface area contributed by atoms with Gasteiger partial charge in [-0.1, -0.05) is 50.6 Å². The second kappa shape index (κ2) is 13.2. The standard InChI is InChI=1S/C36H32ClF5N10O3/c1-33(2,3)17-35(22-6-9-24-19(12-22)5-8-25-21(14-43)15-46-51(24)25)30(53)50(31(44)48-35)27(16-55-32(54)49-34(10-11-34)36(40,41)42)20-4-7-23(37)26(13-20)52-29(28(38)39)45-18-47-52/h4-9,12-13,15,18,27-28H,10-11,16-17H2,1-3H3,(H2,44,48)(H,49,54)/t27-,35-/m1/s1. The van der Waals surface area contributed by atoms with E-state index in [1.807, 2.05) is 26.1 Å². The van der Waals surface area contributed by atoms with E-state index in [1.54, 1.807) is 34.8 Å². The lowest BCUT2D eigenvalue weighted by atomic mass is 9.75. The number of nitrogens with zero attached hydrogens (tertiary/aromatic N) is 7. The molecular weight excluding hydrogens is 751 g/mol. The number of fused-ring (bicyclic) bond motifs is 3. The quantitative estimate of drug-likeness (QED) is 0.133. The molecule has 0 unspecified atom stereocenters. The number of hydrogen-bond donors (Lipinski definition) is 3. The summed E-state index contributed by atoms with van der Waals surface area (Å²) >= 11 is 6.43. The summed E-state index contributed by atoms with van der Waals surface area (Å²) in [5.74, 6) is -1.83. The summed E-state index contributed by atoms with van der Waals surface area (Å²) in [6, 6.07) is 13.5. The number of amides is 2. The Kier molecular flexibility index (Phi) is 8.98. The van der Waals surface area contributed by atoms with E-state index in [-0.39, 0.29) is 35.5 Å². The minimum Gasteiger partial charge on any atom is -0.447 e. The Morgan fingerprint density at radius 2 is 1.84 bits per heavy atom. The molecule has 2 amide bonds. The van der Waals surface area contributed by atoms with Crippen LogP contribution in [0.3, 0.4) is 0 Å². The van der Waals surface area contributed by atoms with Crippen LogP contribution in [0.25, 0.3) is 22.1 Å². The lowest BCUT2D eigenvalue weighted by molar-refractivity contribution is -0.164. The van der Waals surface area contributed by atoms with Crippen LogP contribution in [0, 0.1) is 22.2 Å². The van der Waals surface area contributed by atoms with Gasteiger partial charge in [-0.2, -0.15) is 28.6 Å². The fraction of sp³-hybridized carbons (Fsp3) is 0.361. The summed E-state index contributed by atoms with van der Waals surface area (Å²) in [7, 11) is 0. The van der Waals surface area contributed by atoms with Crippen LogP contribution in [0.4, 0.5) is 26.7 Å². The highest BCUT2D eigenvalue weighted by Gasteiger charge is 2.64. The first-order chi connectivity index (χ1) is 25.9. The van der Waals surface area contributed by atoms with Crippen LogP contribution >= 0.6 is 11.6 Å². The maximum absolute atomic E-state index is 15.1. The zero-order valence-electron chi connectivity index (χ0n) is 29.4. The second-order valence-electron chi connectivity index (χ2n) is 14.7. The van der Waals surface area contributed by atoms with Crippen molar-refractivity contribution in [2.75, 3.05) is 6.61 Å². The van der Waals surface area contributed by atoms with Crippen LogP contribution in [0.2, 0.25) is 5.02 Å². The van der Waals surface area contributed by atoms with Crippen molar-refractivity contribution in [1.82, 2.24) is 39.9 Å². The molecule has 2 atom stereocenters. The minimum atomic E-state index is -4.73. The van der Waals surface area contributed by atoms with E-state index in [2.05, 4.69) is 26.6 Å². The highest BCUT2D eigenvalue weighted by Crippen LogP contribution is 2.49. The van der Waals surface area contributed by atoms with Gasteiger partial charge in [-0.3, -0.25) is 15.1 Å². The molecule has 2 fully saturated rings. The number of alkyl halides is 5. The molecular formula is C36H32ClF5N10O3. The van der Waals surface area contributed by atoms with Crippen LogP contribution < -0.4 is 10.6 Å². The molecule has 1 aliphatic heterocycles. The van der Waals surface area contributed by atoms with Crippen molar-refractivity contribution < 1.29 is 36.3 Å². The number of carbonyl (C=O) groups is 2. The number of ether oxygens (including phenoxy) is 1. The van der Waals surface area contributed by atoms with E-state index in [0.717, 1.165) is 15.9 Å². The number of rotatable bonds is 9. The third-order valence-electron chi connectivity index (χ3n) is 9.72. The van der Waals surface area contributed by atoms with Gasteiger partial charge >= 0.3 is 12.3 Å². The Labute approximate surface area is 314 Å². The summed E-state index contributed by atoms with van der Waals surface area (Å²) in [5.41, 5.74) is -2.49. The molecule has 0 spiro atoms. The van der Waals surface area contributed by atoms with Crippen molar-refractivity contribution >= 4 is 46.0 Å². The molecule has 3 aromatic heterocycles. The molecule has 1 aliphatic carbocycles. The molecule has 2 aromatic carbocycles. The fourth-order valence-corrected chi connectivity index (χ4v) is 7.24. The maximum Gasteiger partial charge on any atom is 0.411 e. The third-order valence-corrected chi connectivity index (χ3v) is 10.0. The molecule has 4 heterocycles. The first kappa shape index (κ1) is 37.5. The van der Waals surface area contributed by atoms with E-state index < -0.39 is 65.5 Å².